The van der Waals surface area contributed by atoms with Crippen LogP contribution in [0.5, 0.6) is 0 Å². The minimum absolute atomic E-state index is 0.0173. The number of aliphatic hydroxyl groups excluding tert-OH is 1. The Morgan fingerprint density at radius 3 is 1.68 bits per heavy atom. The molecule has 0 heterocycles. The molecule has 0 aliphatic heterocycles. The average Bonchev–Trinajstić information content (AvgIpc) is 3.08. The standard InChI is InChI=1S/C42H76NO9P/c1-6-7-8-9-10-11-17-22-25-28-31-34-42(46)52-40(38-51-53(47,48)50-36-35-43(3,4)5)37-49-41(45)33-30-27-24-21-19-16-14-12-13-15-18-20-23-26-29-32-39(2)44/h13-16,20-21,23-24,39-40,44H,6-12,17-19,22,25-38H2,1-5H3/p+1/b15-13-,16-14-,23-20-,24-21-/t39-,40-/m1/s1. The highest BCUT2D eigenvalue weighted by molar-refractivity contribution is 7.47. The SMILES string of the molecule is CCCCCCCCCCCCCC(=O)O[C@H](COC(=O)CCC/C=C\C/C=C\C/C=C\C/C=C\CCC[C@@H](C)O)COP(=O)(O)OCC[N+](C)(C)C. The van der Waals surface area contributed by atoms with Crippen molar-refractivity contribution in [2.24, 2.45) is 0 Å². The van der Waals surface area contributed by atoms with Gasteiger partial charge < -0.3 is 24.0 Å². The van der Waals surface area contributed by atoms with Crippen LogP contribution in [0.4, 0.5) is 0 Å². The lowest BCUT2D eigenvalue weighted by Crippen LogP contribution is -2.37. The second-order valence-electron chi connectivity index (χ2n) is 15.0. The second-order valence-corrected chi connectivity index (χ2v) is 16.4. The highest BCUT2D eigenvalue weighted by atomic mass is 31.2. The number of allylic oxidation sites excluding steroid dienone is 8. The van der Waals surface area contributed by atoms with Crippen LogP contribution in [-0.4, -0.2) is 86.1 Å². The zero-order valence-electron chi connectivity index (χ0n) is 34.1. The fourth-order valence-electron chi connectivity index (χ4n) is 5.14. The Labute approximate surface area is 323 Å². The predicted molar refractivity (Wildman–Crippen MR) is 216 cm³/mol. The van der Waals surface area contributed by atoms with Crippen LogP contribution in [-0.2, 0) is 32.7 Å². The number of unbranched alkanes of at least 4 members (excludes halogenated alkanes) is 12. The lowest BCUT2D eigenvalue weighted by Gasteiger charge is -2.24. The first-order valence-electron chi connectivity index (χ1n) is 20.4. The minimum Gasteiger partial charge on any atom is -0.462 e. The largest absolute Gasteiger partial charge is 0.472 e. The third-order valence-corrected chi connectivity index (χ3v) is 9.36. The fourth-order valence-corrected chi connectivity index (χ4v) is 5.88. The lowest BCUT2D eigenvalue weighted by molar-refractivity contribution is -0.870. The molecule has 0 aromatic carbocycles. The maximum atomic E-state index is 12.6. The first kappa shape index (κ1) is 50.9. The molecule has 0 aliphatic carbocycles. The molecule has 0 radical (unpaired) electrons. The summed E-state index contributed by atoms with van der Waals surface area (Å²) in [6.07, 6.45) is 35.8. The summed E-state index contributed by atoms with van der Waals surface area (Å²) in [5.74, 6) is -0.884. The maximum absolute atomic E-state index is 12.6. The van der Waals surface area contributed by atoms with Gasteiger partial charge in [0.25, 0.3) is 0 Å². The van der Waals surface area contributed by atoms with E-state index in [-0.39, 0.29) is 32.2 Å². The number of nitrogens with zero attached hydrogens (tertiary/aromatic N) is 1. The number of rotatable bonds is 36. The normalized spacial score (nSPS) is 14.8. The highest BCUT2D eigenvalue weighted by Crippen LogP contribution is 2.43. The average molecular weight is 771 g/mol. The van der Waals surface area contributed by atoms with Gasteiger partial charge in [-0.2, -0.15) is 0 Å². The molecule has 11 heteroatoms. The molecule has 0 rings (SSSR count). The summed E-state index contributed by atoms with van der Waals surface area (Å²) in [4.78, 5) is 35.2. The molecule has 0 fully saturated rings. The molecule has 0 amide bonds. The molecule has 0 saturated heterocycles. The van der Waals surface area contributed by atoms with Crippen molar-refractivity contribution >= 4 is 19.8 Å². The van der Waals surface area contributed by atoms with Gasteiger partial charge in [0.15, 0.2) is 6.10 Å². The molecule has 1 unspecified atom stereocenters. The molecule has 0 aliphatic rings. The summed E-state index contributed by atoms with van der Waals surface area (Å²) in [6.45, 7) is 3.87. The number of phosphoric acid groups is 1. The van der Waals surface area contributed by atoms with Gasteiger partial charge in [-0.1, -0.05) is 120 Å². The fraction of sp³-hybridized carbons (Fsp3) is 0.762. The van der Waals surface area contributed by atoms with Gasteiger partial charge in [-0.3, -0.25) is 18.6 Å². The van der Waals surface area contributed by atoms with E-state index in [1.807, 2.05) is 34.1 Å². The number of phosphoric ester groups is 1. The van der Waals surface area contributed by atoms with Gasteiger partial charge in [-0.15, -0.1) is 0 Å². The van der Waals surface area contributed by atoms with Gasteiger partial charge >= 0.3 is 19.8 Å². The van der Waals surface area contributed by atoms with Crippen molar-refractivity contribution in [1.82, 2.24) is 0 Å². The van der Waals surface area contributed by atoms with E-state index in [1.165, 1.54) is 44.9 Å². The van der Waals surface area contributed by atoms with E-state index < -0.39 is 32.5 Å². The van der Waals surface area contributed by atoms with Crippen LogP contribution in [0.1, 0.15) is 149 Å². The first-order valence-corrected chi connectivity index (χ1v) is 21.9. The Kier molecular flexibility index (Phi) is 33.1. The Morgan fingerprint density at radius 2 is 1.15 bits per heavy atom. The van der Waals surface area contributed by atoms with Gasteiger partial charge in [0.05, 0.1) is 33.9 Å². The number of aliphatic hydroxyl groups is 1. The Hall–Kier alpha value is -2.07. The van der Waals surface area contributed by atoms with Crippen molar-refractivity contribution in [3.05, 3.63) is 48.6 Å². The number of carbonyl (C=O) groups is 2. The molecular formula is C42H77NO9P+. The van der Waals surface area contributed by atoms with E-state index in [4.69, 9.17) is 18.5 Å². The van der Waals surface area contributed by atoms with Gasteiger partial charge in [-0.25, -0.2) is 4.57 Å². The molecule has 308 valence electrons. The van der Waals surface area contributed by atoms with Crippen molar-refractivity contribution in [2.45, 2.75) is 161 Å². The van der Waals surface area contributed by atoms with Crippen LogP contribution in [0.3, 0.4) is 0 Å². The van der Waals surface area contributed by atoms with Gasteiger partial charge in [-0.05, 0) is 64.7 Å². The van der Waals surface area contributed by atoms with Crippen molar-refractivity contribution in [3.63, 3.8) is 0 Å². The summed E-state index contributed by atoms with van der Waals surface area (Å²) in [5, 5.41) is 9.26. The molecule has 53 heavy (non-hydrogen) atoms. The minimum atomic E-state index is -4.39. The summed E-state index contributed by atoms with van der Waals surface area (Å²) >= 11 is 0. The molecule has 10 nitrogen and oxygen atoms in total. The Balaban J connectivity index is 4.48. The van der Waals surface area contributed by atoms with Gasteiger partial charge in [0.2, 0.25) is 0 Å². The van der Waals surface area contributed by atoms with Crippen molar-refractivity contribution in [1.29, 1.82) is 0 Å². The molecule has 0 aromatic heterocycles. The van der Waals surface area contributed by atoms with Crippen molar-refractivity contribution in [3.8, 4) is 0 Å². The number of likely N-dealkylation sites (N-methyl/N-ethyl adjacent to an activating group) is 1. The molecular weight excluding hydrogens is 693 g/mol. The molecule has 3 atom stereocenters. The third kappa shape index (κ3) is 39.4. The number of quaternary nitrogens is 1. The zero-order chi connectivity index (χ0) is 39.5. The molecule has 0 bridgehead atoms. The third-order valence-electron chi connectivity index (χ3n) is 8.38. The smallest absolute Gasteiger partial charge is 0.462 e. The highest BCUT2D eigenvalue weighted by Gasteiger charge is 2.27. The van der Waals surface area contributed by atoms with E-state index in [0.29, 0.717) is 23.9 Å². The van der Waals surface area contributed by atoms with E-state index in [1.54, 1.807) is 0 Å². The monoisotopic (exact) mass is 771 g/mol. The van der Waals surface area contributed by atoms with Crippen LogP contribution >= 0.6 is 7.82 Å². The topological polar surface area (TPSA) is 129 Å². The number of esters is 2. The zero-order valence-corrected chi connectivity index (χ0v) is 35.0. The summed E-state index contributed by atoms with van der Waals surface area (Å²) < 4.78 is 34.1. The van der Waals surface area contributed by atoms with Crippen LogP contribution in [0.15, 0.2) is 48.6 Å². The number of ether oxygens (including phenoxy) is 2. The van der Waals surface area contributed by atoms with Gasteiger partial charge in [0, 0.05) is 12.8 Å². The summed E-state index contributed by atoms with van der Waals surface area (Å²) in [5.41, 5.74) is 0. The lowest BCUT2D eigenvalue weighted by atomic mass is 10.1. The van der Waals surface area contributed by atoms with Gasteiger partial charge in [0.1, 0.15) is 19.8 Å². The van der Waals surface area contributed by atoms with E-state index in [2.05, 4.69) is 49.5 Å². The maximum Gasteiger partial charge on any atom is 0.472 e. The molecule has 0 aromatic rings. The van der Waals surface area contributed by atoms with Crippen molar-refractivity contribution < 1.29 is 47.2 Å². The summed E-state index contributed by atoms with van der Waals surface area (Å²) in [6, 6.07) is 0. The van der Waals surface area contributed by atoms with E-state index in [0.717, 1.165) is 64.2 Å². The number of hydrogen-bond donors (Lipinski definition) is 2. The first-order chi connectivity index (χ1) is 25.3. The Bertz CT molecular complexity index is 1070. The molecule has 2 N–H and O–H groups in total. The van der Waals surface area contributed by atoms with Crippen molar-refractivity contribution in [2.75, 3.05) is 47.5 Å². The van der Waals surface area contributed by atoms with Crippen LogP contribution < -0.4 is 0 Å². The molecule has 0 saturated carbocycles. The predicted octanol–water partition coefficient (Wildman–Crippen LogP) is 10.1. The van der Waals surface area contributed by atoms with Crippen LogP contribution in [0.2, 0.25) is 0 Å². The van der Waals surface area contributed by atoms with Crippen LogP contribution in [0.25, 0.3) is 0 Å². The van der Waals surface area contributed by atoms with Crippen LogP contribution in [0, 0.1) is 0 Å². The molecule has 0 spiro atoms. The van der Waals surface area contributed by atoms with E-state index in [9.17, 15) is 24.2 Å². The number of hydrogen-bond acceptors (Lipinski definition) is 8. The Morgan fingerprint density at radius 1 is 0.660 bits per heavy atom. The summed E-state index contributed by atoms with van der Waals surface area (Å²) in [7, 11) is 1.42. The second kappa shape index (κ2) is 34.4. The van der Waals surface area contributed by atoms with E-state index >= 15 is 0 Å². The number of carbonyl (C=O) groups excluding carboxylic acids is 2. The quantitative estimate of drug-likeness (QED) is 0.0210.